The number of hydrogen-bond donors (Lipinski definition) is 0. The van der Waals surface area contributed by atoms with Crippen molar-refractivity contribution < 1.29 is 4.57 Å². The Bertz CT molecular complexity index is 5040. The smallest absolute Gasteiger partial charge is 0.171 e. The molecule has 0 atom stereocenters. The number of halogens is 1. The van der Waals surface area contributed by atoms with Crippen molar-refractivity contribution in [1.29, 1.82) is 0 Å². The van der Waals surface area contributed by atoms with Crippen molar-refractivity contribution in [2.24, 2.45) is 0 Å². The van der Waals surface area contributed by atoms with Crippen LogP contribution in [0.15, 0.2) is 320 Å². The molecule has 0 aliphatic heterocycles. The van der Waals surface area contributed by atoms with Gasteiger partial charge >= 0.3 is 0 Å². The van der Waals surface area contributed by atoms with Crippen molar-refractivity contribution in [1.82, 2.24) is 0 Å². The molecule has 0 radical (unpaired) electrons. The maximum Gasteiger partial charge on any atom is 0.171 e. The third-order valence-electron chi connectivity index (χ3n) is 16.7. The lowest BCUT2D eigenvalue weighted by molar-refractivity contribution is 0.592. The highest BCUT2D eigenvalue weighted by molar-refractivity contribution is 9.10. The molecule has 0 unspecified atom stereocenters. The number of hydrogen-bond acceptors (Lipinski definition) is 1. The average Bonchev–Trinajstić information content (AvgIpc) is 3.68. The van der Waals surface area contributed by atoms with Gasteiger partial charge in [-0.2, -0.15) is 0 Å². The SMILES string of the molecule is Brc1cc(-c2cccc(-c3ccccc3)c2)cc(-c2ccc3ccc4cccc5ccc2c3c45)c1.O=P(c1ccccc1)(c1ccccc1)c1cc(-c2cccc(-c3ccccc3)c2)cc(-c2ccc3ccc4cccc5ccc2c3c45)c1. The second kappa shape index (κ2) is 21.0. The highest BCUT2D eigenvalue weighted by atomic mass is 79.9. The lowest BCUT2D eigenvalue weighted by Crippen LogP contribution is -2.25. The summed E-state index contributed by atoms with van der Waals surface area (Å²) < 4.78 is 16.9. The molecule has 0 bridgehead atoms. The highest BCUT2D eigenvalue weighted by Crippen LogP contribution is 2.47. The first-order valence-corrected chi connectivity index (χ1v) is 30.7. The molecule has 0 fully saturated rings. The molecule has 0 saturated carbocycles. The minimum absolute atomic E-state index is 0.822. The molecule has 16 rings (SSSR count). The molecular formula is C80H52BrOP. The standard InChI is InChI=1S/C46H31OP.C34H21Br/c47-48(40-18-6-2-7-19-40,41-20-8-3-9-21-41)42-30-38(37-17-11-16-36(28-37)32-12-4-1-5-13-32)29-39(31-42)43-26-24-35-23-22-33-14-10-15-34-25-27-44(43)46(35)45(33)34;35-30-20-28(27-11-5-10-26(18-27)22-6-2-1-3-7-22)19-29(21-30)31-16-14-25-13-12-23-8-4-9-24-15-17-32(31)34(25)33(23)24/h1-31H;1-21H. The fourth-order valence-corrected chi connectivity index (χ4v) is 16.0. The molecule has 0 aliphatic rings. The van der Waals surface area contributed by atoms with Gasteiger partial charge in [0.25, 0.3) is 0 Å². The molecule has 16 aromatic rings. The van der Waals surface area contributed by atoms with E-state index in [9.17, 15) is 0 Å². The van der Waals surface area contributed by atoms with Crippen LogP contribution in [0.4, 0.5) is 0 Å². The first-order valence-electron chi connectivity index (χ1n) is 28.2. The summed E-state index contributed by atoms with van der Waals surface area (Å²) in [5, 5.41) is 17.8. The molecule has 0 spiro atoms. The maximum atomic E-state index is 15.8. The van der Waals surface area contributed by atoms with E-state index in [2.05, 4.69) is 265 Å². The van der Waals surface area contributed by atoms with Crippen LogP contribution in [0.1, 0.15) is 0 Å². The Kier molecular flexibility index (Phi) is 12.7. The molecule has 3 heteroatoms. The lowest BCUT2D eigenvalue weighted by atomic mass is 9.89. The zero-order chi connectivity index (χ0) is 55.4. The fourth-order valence-electron chi connectivity index (χ4n) is 12.7. The number of rotatable bonds is 9. The number of benzene rings is 16. The summed E-state index contributed by atoms with van der Waals surface area (Å²) in [6, 6.07) is 112. The summed E-state index contributed by atoms with van der Waals surface area (Å²) in [6.07, 6.45) is 0. The normalized spacial score (nSPS) is 11.7. The van der Waals surface area contributed by atoms with Crippen LogP contribution in [0.5, 0.6) is 0 Å². The molecule has 0 amide bonds. The summed E-state index contributed by atoms with van der Waals surface area (Å²) in [5.41, 5.74) is 14.0. The van der Waals surface area contributed by atoms with E-state index in [4.69, 9.17) is 0 Å². The van der Waals surface area contributed by atoms with Gasteiger partial charge in [0, 0.05) is 20.4 Å². The van der Waals surface area contributed by atoms with E-state index in [1.165, 1.54) is 104 Å². The fraction of sp³-hybridized carbons (Fsp3) is 0. The van der Waals surface area contributed by atoms with Crippen LogP contribution >= 0.6 is 23.1 Å². The lowest BCUT2D eigenvalue weighted by Gasteiger charge is -2.22. The first-order chi connectivity index (χ1) is 40.9. The Labute approximate surface area is 491 Å². The Morgan fingerprint density at radius 2 is 0.518 bits per heavy atom. The maximum absolute atomic E-state index is 15.8. The molecule has 390 valence electrons. The van der Waals surface area contributed by atoms with Gasteiger partial charge in [-0.25, -0.2) is 0 Å². The third kappa shape index (κ3) is 9.09. The largest absolute Gasteiger partial charge is 0.309 e. The summed E-state index contributed by atoms with van der Waals surface area (Å²) in [4.78, 5) is 0. The van der Waals surface area contributed by atoms with Gasteiger partial charge in [-0.05, 0) is 180 Å². The minimum atomic E-state index is -3.26. The summed E-state index contributed by atoms with van der Waals surface area (Å²) in [5.74, 6) is 0. The van der Waals surface area contributed by atoms with Crippen molar-refractivity contribution in [3.05, 3.63) is 320 Å². The Morgan fingerprint density at radius 1 is 0.217 bits per heavy atom. The molecule has 0 aromatic heterocycles. The van der Waals surface area contributed by atoms with Crippen molar-refractivity contribution in [3.8, 4) is 66.8 Å². The van der Waals surface area contributed by atoms with Crippen molar-refractivity contribution in [2.75, 3.05) is 0 Å². The first kappa shape index (κ1) is 50.3. The molecule has 0 N–H and O–H groups in total. The second-order valence-electron chi connectivity index (χ2n) is 21.6. The zero-order valence-electron chi connectivity index (χ0n) is 45.3. The Morgan fingerprint density at radius 3 is 0.964 bits per heavy atom. The van der Waals surface area contributed by atoms with Crippen LogP contribution in [0, 0.1) is 0 Å². The monoisotopic (exact) mass is 1140 g/mol. The van der Waals surface area contributed by atoms with Crippen molar-refractivity contribution >= 4 is 104 Å². The van der Waals surface area contributed by atoms with E-state index < -0.39 is 7.14 Å². The van der Waals surface area contributed by atoms with E-state index in [0.29, 0.717) is 0 Å². The average molecular weight is 1140 g/mol. The Balaban J connectivity index is 0.000000149. The van der Waals surface area contributed by atoms with Gasteiger partial charge in [-0.3, -0.25) is 0 Å². The summed E-state index contributed by atoms with van der Waals surface area (Å²) >= 11 is 3.80. The van der Waals surface area contributed by atoms with Gasteiger partial charge in [-0.15, -0.1) is 0 Å². The molecule has 83 heavy (non-hydrogen) atoms. The summed E-state index contributed by atoms with van der Waals surface area (Å²) in [7, 11) is -3.26. The second-order valence-corrected chi connectivity index (χ2v) is 25.3. The highest BCUT2D eigenvalue weighted by Gasteiger charge is 2.31. The van der Waals surface area contributed by atoms with Crippen LogP contribution < -0.4 is 15.9 Å². The zero-order valence-corrected chi connectivity index (χ0v) is 47.7. The Hall–Kier alpha value is -9.69. The quantitative estimate of drug-likeness (QED) is 0.104. The van der Waals surface area contributed by atoms with Crippen LogP contribution in [0.25, 0.3) is 131 Å². The van der Waals surface area contributed by atoms with E-state index in [0.717, 1.165) is 48.2 Å². The van der Waals surface area contributed by atoms with Gasteiger partial charge in [0.15, 0.2) is 7.14 Å². The third-order valence-corrected chi connectivity index (χ3v) is 20.2. The van der Waals surface area contributed by atoms with Gasteiger partial charge < -0.3 is 4.57 Å². The summed E-state index contributed by atoms with van der Waals surface area (Å²) in [6.45, 7) is 0. The minimum Gasteiger partial charge on any atom is -0.309 e. The van der Waals surface area contributed by atoms with Crippen molar-refractivity contribution in [3.63, 3.8) is 0 Å². The van der Waals surface area contributed by atoms with Gasteiger partial charge in [0.1, 0.15) is 0 Å². The molecule has 0 heterocycles. The van der Waals surface area contributed by atoms with Crippen LogP contribution in [0.3, 0.4) is 0 Å². The predicted octanol–water partition coefficient (Wildman–Crippen LogP) is 21.6. The van der Waals surface area contributed by atoms with E-state index >= 15 is 4.57 Å². The molecule has 1 nitrogen and oxygen atoms in total. The van der Waals surface area contributed by atoms with Crippen LogP contribution in [-0.2, 0) is 4.57 Å². The topological polar surface area (TPSA) is 17.1 Å². The van der Waals surface area contributed by atoms with Crippen LogP contribution in [0.2, 0.25) is 0 Å². The van der Waals surface area contributed by atoms with Crippen LogP contribution in [-0.4, -0.2) is 0 Å². The van der Waals surface area contributed by atoms with Gasteiger partial charge in [0.2, 0.25) is 0 Å². The van der Waals surface area contributed by atoms with Gasteiger partial charge in [-0.1, -0.05) is 283 Å². The molecule has 16 aromatic carbocycles. The van der Waals surface area contributed by atoms with Crippen molar-refractivity contribution in [2.45, 2.75) is 0 Å². The van der Waals surface area contributed by atoms with E-state index in [-0.39, 0.29) is 0 Å². The molecular weight excluding hydrogens is 1090 g/mol. The van der Waals surface area contributed by atoms with E-state index in [1.54, 1.807) is 0 Å². The molecule has 0 aliphatic carbocycles. The van der Waals surface area contributed by atoms with E-state index in [1.807, 2.05) is 66.7 Å². The predicted molar refractivity (Wildman–Crippen MR) is 360 cm³/mol. The van der Waals surface area contributed by atoms with Gasteiger partial charge in [0.05, 0.1) is 0 Å². The molecule has 0 saturated heterocycles.